The second kappa shape index (κ2) is 12.4. The summed E-state index contributed by atoms with van der Waals surface area (Å²) < 4.78 is 12.1. The average molecular weight is 652 g/mol. The third kappa shape index (κ3) is 6.22. The molecular weight excluding hydrogens is 631 g/mol. The topological polar surface area (TPSA) is 105 Å². The predicted molar refractivity (Wildman–Crippen MR) is 160 cm³/mol. The Labute approximate surface area is 258 Å². The van der Waals surface area contributed by atoms with E-state index in [1.165, 1.54) is 46.2 Å². The van der Waals surface area contributed by atoms with Crippen LogP contribution >= 0.6 is 57.9 Å². The molecule has 2 amide bonds. The van der Waals surface area contributed by atoms with Gasteiger partial charge in [0.15, 0.2) is 11.5 Å². The minimum absolute atomic E-state index is 0.142. The largest absolute Gasteiger partial charge is 0.478 e. The lowest BCUT2D eigenvalue weighted by atomic mass is 10.00. The maximum atomic E-state index is 13.1. The summed E-state index contributed by atoms with van der Waals surface area (Å²) in [6.45, 7) is 3.83. The van der Waals surface area contributed by atoms with Crippen molar-refractivity contribution in [2.75, 3.05) is 5.75 Å². The van der Waals surface area contributed by atoms with Gasteiger partial charge in [0.05, 0.1) is 11.4 Å². The molecule has 1 fully saturated rings. The number of nitrogens with one attached hydrogen (secondary N) is 1. The highest BCUT2D eigenvalue weighted by molar-refractivity contribution is 8.00. The van der Waals surface area contributed by atoms with Crippen LogP contribution < -0.4 is 14.8 Å². The van der Waals surface area contributed by atoms with Crippen molar-refractivity contribution in [1.29, 1.82) is 0 Å². The minimum Gasteiger partial charge on any atom is -0.478 e. The number of thioether (sulfide) groups is 1. The number of carboxylic acids is 1. The van der Waals surface area contributed by atoms with Crippen molar-refractivity contribution in [3.8, 4) is 17.2 Å². The van der Waals surface area contributed by atoms with Crippen LogP contribution in [0.25, 0.3) is 0 Å². The Morgan fingerprint density at radius 3 is 2.51 bits per heavy atom. The van der Waals surface area contributed by atoms with E-state index < -0.39 is 29.4 Å². The molecule has 2 aliphatic rings. The third-order valence-electron chi connectivity index (χ3n) is 6.26. The molecule has 0 aliphatic carbocycles. The summed E-state index contributed by atoms with van der Waals surface area (Å²) in [6, 6.07) is 12.3. The van der Waals surface area contributed by atoms with Crippen LogP contribution in [0.4, 0.5) is 0 Å². The number of nitrogens with zero attached hydrogens (tertiary/aromatic N) is 1. The van der Waals surface area contributed by atoms with E-state index in [0.29, 0.717) is 21.4 Å². The maximum Gasteiger partial charge on any atom is 0.352 e. The fourth-order valence-corrected chi connectivity index (χ4v) is 7.09. The smallest absolute Gasteiger partial charge is 0.352 e. The van der Waals surface area contributed by atoms with E-state index in [9.17, 15) is 19.5 Å². The van der Waals surface area contributed by atoms with Gasteiger partial charge in [-0.1, -0.05) is 47.4 Å². The number of fused-ring (bicyclic) bond motifs is 1. The maximum absolute atomic E-state index is 13.1. The third-order valence-corrected chi connectivity index (χ3v) is 9.21. The number of halogens is 3. The van der Waals surface area contributed by atoms with E-state index in [1.807, 2.05) is 17.5 Å². The fraction of sp³-hybridized carbons (Fsp3) is 0.179. The van der Waals surface area contributed by atoms with Gasteiger partial charge in [-0.25, -0.2) is 4.79 Å². The molecule has 1 saturated heterocycles. The second-order valence-electron chi connectivity index (χ2n) is 8.93. The van der Waals surface area contributed by atoms with Gasteiger partial charge >= 0.3 is 5.97 Å². The summed E-state index contributed by atoms with van der Waals surface area (Å²) in [5, 5.41) is 15.2. The first-order chi connectivity index (χ1) is 19.7. The van der Waals surface area contributed by atoms with Crippen LogP contribution in [0, 0.1) is 0 Å². The van der Waals surface area contributed by atoms with Gasteiger partial charge in [0.1, 0.15) is 29.0 Å². The number of rotatable bonds is 10. The summed E-state index contributed by atoms with van der Waals surface area (Å²) in [7, 11) is 0. The van der Waals surface area contributed by atoms with Gasteiger partial charge in [-0.05, 0) is 47.9 Å². The molecule has 212 valence electrons. The lowest BCUT2D eigenvalue weighted by Crippen LogP contribution is -2.71. The Hall–Kier alpha value is -3.15. The summed E-state index contributed by atoms with van der Waals surface area (Å²) in [5.74, 6) is -1.12. The first kappa shape index (κ1) is 29.3. The monoisotopic (exact) mass is 650 g/mol. The van der Waals surface area contributed by atoms with Crippen molar-refractivity contribution < 1.29 is 29.0 Å². The van der Waals surface area contributed by atoms with Crippen LogP contribution in [0.2, 0.25) is 15.1 Å². The van der Waals surface area contributed by atoms with Crippen LogP contribution in [-0.2, 0) is 20.8 Å². The van der Waals surface area contributed by atoms with Gasteiger partial charge in [0, 0.05) is 32.3 Å². The highest BCUT2D eigenvalue weighted by Crippen LogP contribution is 2.43. The van der Waals surface area contributed by atoms with E-state index in [2.05, 4.69) is 11.9 Å². The standard InChI is InChI=1S/C28H21Cl3N2O6S2/c1-2-19(38-22-11-15(30)6-8-21(22)39-20-7-5-14(29)10-18(20)31)17-13-41-27-24(26(35)33(27)25(17)28(36)37)32-23(34)12-16-4-3-9-40-16/h2-11,19,24,27H,1,12-13H2,(H,32,34)(H,36,37)/t19?,24?,27-/m0/s1. The molecule has 3 aromatic rings. The Morgan fingerprint density at radius 1 is 1.12 bits per heavy atom. The van der Waals surface area contributed by atoms with Crippen molar-refractivity contribution in [3.63, 3.8) is 0 Å². The summed E-state index contributed by atoms with van der Waals surface area (Å²) in [6.07, 6.45) is 0.629. The molecule has 2 N–H and O–H groups in total. The van der Waals surface area contributed by atoms with Crippen LogP contribution in [0.1, 0.15) is 4.88 Å². The van der Waals surface area contributed by atoms with E-state index >= 15 is 0 Å². The van der Waals surface area contributed by atoms with Crippen molar-refractivity contribution in [2.45, 2.75) is 23.9 Å². The molecule has 2 aliphatic heterocycles. The van der Waals surface area contributed by atoms with Crippen molar-refractivity contribution in [2.24, 2.45) is 0 Å². The van der Waals surface area contributed by atoms with Gasteiger partial charge in [-0.2, -0.15) is 0 Å². The highest BCUT2D eigenvalue weighted by atomic mass is 35.5. The molecule has 0 radical (unpaired) electrons. The minimum atomic E-state index is -1.30. The van der Waals surface area contributed by atoms with E-state index in [1.54, 1.807) is 24.3 Å². The number of carboxylic acid groups (broad SMARTS) is 1. The molecule has 2 unspecified atom stereocenters. The van der Waals surface area contributed by atoms with Crippen molar-refractivity contribution in [3.05, 3.63) is 97.8 Å². The van der Waals surface area contributed by atoms with Gasteiger partial charge in [0.2, 0.25) is 5.91 Å². The molecular formula is C28H21Cl3N2O6S2. The summed E-state index contributed by atoms with van der Waals surface area (Å²) in [5.41, 5.74) is 0.110. The first-order valence-corrected chi connectivity index (χ1v) is 15.2. The number of carbonyl (C=O) groups excluding carboxylic acids is 2. The van der Waals surface area contributed by atoms with Crippen molar-refractivity contribution >= 4 is 75.7 Å². The number of benzene rings is 2. The molecule has 3 heterocycles. The van der Waals surface area contributed by atoms with E-state index in [4.69, 9.17) is 44.3 Å². The number of ether oxygens (including phenoxy) is 2. The van der Waals surface area contributed by atoms with Crippen LogP contribution in [-0.4, -0.2) is 51.1 Å². The second-order valence-corrected chi connectivity index (χ2v) is 12.3. The zero-order valence-corrected chi connectivity index (χ0v) is 24.9. The number of carbonyl (C=O) groups is 3. The SMILES string of the molecule is C=CC(Oc1cc(Cl)ccc1Oc1ccc(Cl)cc1Cl)C1=C(C(=O)O)N2C(=O)C(NC(=O)Cc3cccs3)[C@@H]2SC1. The zero-order valence-electron chi connectivity index (χ0n) is 21.0. The molecule has 5 rings (SSSR count). The highest BCUT2D eigenvalue weighted by Gasteiger charge is 2.54. The Balaban J connectivity index is 1.38. The predicted octanol–water partition coefficient (Wildman–Crippen LogP) is 6.42. The zero-order chi connectivity index (χ0) is 29.3. The molecule has 0 bridgehead atoms. The number of hydrogen-bond donors (Lipinski definition) is 2. The van der Waals surface area contributed by atoms with Crippen LogP contribution in [0.3, 0.4) is 0 Å². The summed E-state index contributed by atoms with van der Waals surface area (Å²) in [4.78, 5) is 40.1. The number of thiophene rings is 1. The molecule has 3 atom stereocenters. The molecule has 41 heavy (non-hydrogen) atoms. The Kier molecular flexibility index (Phi) is 8.86. The molecule has 8 nitrogen and oxygen atoms in total. The lowest BCUT2D eigenvalue weighted by Gasteiger charge is -2.50. The Bertz CT molecular complexity index is 1560. The van der Waals surface area contributed by atoms with E-state index in [0.717, 1.165) is 4.88 Å². The average Bonchev–Trinajstić information content (AvgIpc) is 3.45. The van der Waals surface area contributed by atoms with E-state index in [-0.39, 0.29) is 40.3 Å². The lowest BCUT2D eigenvalue weighted by molar-refractivity contribution is -0.150. The normalized spacial score (nSPS) is 18.7. The summed E-state index contributed by atoms with van der Waals surface area (Å²) >= 11 is 21.3. The number of hydrogen-bond acceptors (Lipinski definition) is 7. The van der Waals surface area contributed by atoms with Gasteiger partial charge in [-0.3, -0.25) is 14.5 Å². The molecule has 13 heteroatoms. The fourth-order valence-electron chi connectivity index (χ4n) is 4.39. The number of aliphatic carboxylic acids is 1. The quantitative estimate of drug-likeness (QED) is 0.193. The number of amides is 2. The van der Waals surface area contributed by atoms with Crippen LogP contribution in [0.15, 0.2) is 77.8 Å². The van der Waals surface area contributed by atoms with Gasteiger partial charge in [0.25, 0.3) is 5.91 Å². The number of β-lactam (4-membered cyclic amide) rings is 1. The first-order valence-electron chi connectivity index (χ1n) is 12.1. The Morgan fingerprint density at radius 2 is 1.85 bits per heavy atom. The van der Waals surface area contributed by atoms with Crippen molar-refractivity contribution in [1.82, 2.24) is 10.2 Å². The van der Waals surface area contributed by atoms with Crippen LogP contribution in [0.5, 0.6) is 17.2 Å². The molecule has 0 saturated carbocycles. The van der Waals surface area contributed by atoms with Gasteiger partial charge in [-0.15, -0.1) is 23.1 Å². The molecule has 0 spiro atoms. The molecule has 1 aromatic heterocycles. The van der Waals surface area contributed by atoms with Gasteiger partial charge < -0.3 is 19.9 Å². The molecule has 2 aromatic carbocycles.